The van der Waals surface area contributed by atoms with E-state index >= 15 is 0 Å². The molecule has 0 fully saturated rings. The Kier molecular flexibility index (Phi) is 7.95. The summed E-state index contributed by atoms with van der Waals surface area (Å²) < 4.78 is 30.2. The van der Waals surface area contributed by atoms with Crippen LogP contribution in [0.3, 0.4) is 0 Å². The predicted octanol–water partition coefficient (Wildman–Crippen LogP) is 3.57. The lowest BCUT2D eigenvalue weighted by Crippen LogP contribution is -2.35. The molecule has 0 amide bonds. The highest BCUT2D eigenvalue weighted by molar-refractivity contribution is 7.89. The number of nitrogens with one attached hydrogen (secondary N) is 1. The van der Waals surface area contributed by atoms with Crippen molar-refractivity contribution in [1.82, 2.24) is 24.1 Å². The minimum absolute atomic E-state index is 0.0208. The maximum atomic E-state index is 13.6. The Morgan fingerprint density at radius 3 is 2.43 bits per heavy atom. The van der Waals surface area contributed by atoms with Gasteiger partial charge in [0.25, 0.3) is 0 Å². The van der Waals surface area contributed by atoms with Gasteiger partial charge in [-0.2, -0.15) is 9.40 Å². The molecule has 1 atom stereocenters. The number of aromatic nitrogens is 4. The van der Waals surface area contributed by atoms with Gasteiger partial charge in [-0.3, -0.25) is 4.98 Å². The molecule has 192 valence electrons. The van der Waals surface area contributed by atoms with E-state index in [1.165, 1.54) is 22.8 Å². The fraction of sp³-hybridized carbons (Fsp3) is 0.231. The molecule has 0 saturated heterocycles. The van der Waals surface area contributed by atoms with Crippen molar-refractivity contribution in [2.75, 3.05) is 5.32 Å². The fourth-order valence-corrected chi connectivity index (χ4v) is 5.12. The number of carbonyl (C=O) groups is 1. The monoisotopic (exact) mass is 520 g/mol. The molecule has 3 aromatic heterocycles. The molecule has 0 aliphatic carbocycles. The molecule has 37 heavy (non-hydrogen) atoms. The third-order valence-electron chi connectivity index (χ3n) is 5.72. The summed E-state index contributed by atoms with van der Waals surface area (Å²) in [6.45, 7) is 3.68. The van der Waals surface area contributed by atoms with Gasteiger partial charge in [-0.15, -0.1) is 0 Å². The maximum absolute atomic E-state index is 13.6. The zero-order valence-electron chi connectivity index (χ0n) is 20.5. The molecule has 4 rings (SSSR count). The molecule has 2 N–H and O–H groups in total. The van der Waals surface area contributed by atoms with Crippen molar-refractivity contribution in [3.8, 4) is 5.69 Å². The Balaban J connectivity index is 1.62. The first kappa shape index (κ1) is 26.0. The van der Waals surface area contributed by atoms with Crippen LogP contribution in [0.5, 0.6) is 0 Å². The number of hydrogen-bond donors (Lipinski definition) is 2. The van der Waals surface area contributed by atoms with Crippen molar-refractivity contribution in [2.45, 2.75) is 37.9 Å². The van der Waals surface area contributed by atoms with Crippen LogP contribution >= 0.6 is 0 Å². The number of nitrogens with zero attached hydrogens (tertiary/aromatic N) is 5. The van der Waals surface area contributed by atoms with Crippen molar-refractivity contribution >= 4 is 21.8 Å². The van der Waals surface area contributed by atoms with Crippen LogP contribution in [-0.2, 0) is 27.9 Å². The summed E-state index contributed by atoms with van der Waals surface area (Å²) in [5.41, 5.74) is 2.11. The van der Waals surface area contributed by atoms with Crippen LogP contribution in [0.2, 0.25) is 0 Å². The van der Waals surface area contributed by atoms with Gasteiger partial charge in [0.1, 0.15) is 16.8 Å². The summed E-state index contributed by atoms with van der Waals surface area (Å²) in [5.74, 6) is -0.794. The van der Waals surface area contributed by atoms with E-state index in [9.17, 15) is 18.3 Å². The Morgan fingerprint density at radius 1 is 1.03 bits per heavy atom. The van der Waals surface area contributed by atoms with Crippen LogP contribution in [0, 0.1) is 5.92 Å². The van der Waals surface area contributed by atoms with E-state index in [0.29, 0.717) is 11.5 Å². The molecule has 11 heteroatoms. The highest BCUT2D eigenvalue weighted by Crippen LogP contribution is 2.22. The van der Waals surface area contributed by atoms with Crippen molar-refractivity contribution < 1.29 is 18.3 Å². The van der Waals surface area contributed by atoms with Crippen LogP contribution in [0.1, 0.15) is 25.1 Å². The third-order valence-corrected chi connectivity index (χ3v) is 7.49. The van der Waals surface area contributed by atoms with Gasteiger partial charge in [0.05, 0.1) is 17.9 Å². The SMILES string of the molecule is CC(C)C(Nc1cccc(CN(Cc2ccc(-n3cccn3)cc2)S(=O)(=O)c2cccnc2)n1)C(=O)O. The average Bonchev–Trinajstić information content (AvgIpc) is 3.43. The van der Waals surface area contributed by atoms with Crippen LogP contribution in [0.15, 0.2) is 90.3 Å². The standard InChI is InChI=1S/C26H28N6O4S/c1-19(2)25(26(33)34)30-24-8-3-6-21(29-24)18-31(37(35,36)23-7-4-13-27-16-23)17-20-9-11-22(12-10-20)32-15-5-14-28-32/h3-16,19,25H,17-18H2,1-2H3,(H,29,30)(H,33,34). The van der Waals surface area contributed by atoms with E-state index in [1.807, 2.05) is 36.5 Å². The number of anilines is 1. The first-order chi connectivity index (χ1) is 17.7. The van der Waals surface area contributed by atoms with E-state index in [-0.39, 0.29) is 23.9 Å². The Hall–Kier alpha value is -4.09. The zero-order chi connectivity index (χ0) is 26.4. The van der Waals surface area contributed by atoms with Gasteiger partial charge in [-0.05, 0) is 53.9 Å². The molecular formula is C26H28N6O4S. The Morgan fingerprint density at radius 2 is 1.81 bits per heavy atom. The van der Waals surface area contributed by atoms with Crippen LogP contribution in [0.25, 0.3) is 5.69 Å². The molecule has 4 aromatic rings. The molecule has 0 radical (unpaired) electrons. The summed E-state index contributed by atoms with van der Waals surface area (Å²) >= 11 is 0. The second kappa shape index (κ2) is 11.3. The topological polar surface area (TPSA) is 130 Å². The van der Waals surface area contributed by atoms with E-state index in [0.717, 1.165) is 11.3 Å². The predicted molar refractivity (Wildman–Crippen MR) is 138 cm³/mol. The van der Waals surface area contributed by atoms with Crippen molar-refractivity contribution in [3.05, 3.63) is 96.7 Å². The van der Waals surface area contributed by atoms with Crippen LogP contribution in [0.4, 0.5) is 5.82 Å². The zero-order valence-corrected chi connectivity index (χ0v) is 21.3. The number of sulfonamides is 1. The van der Waals surface area contributed by atoms with E-state index in [1.54, 1.807) is 49.0 Å². The normalized spacial score (nSPS) is 12.5. The number of hydrogen-bond acceptors (Lipinski definition) is 7. The summed E-state index contributed by atoms with van der Waals surface area (Å²) in [7, 11) is -3.91. The first-order valence-electron chi connectivity index (χ1n) is 11.7. The van der Waals surface area contributed by atoms with Crippen LogP contribution < -0.4 is 5.32 Å². The Labute approximate surface area is 215 Å². The van der Waals surface area contributed by atoms with Gasteiger partial charge < -0.3 is 10.4 Å². The highest BCUT2D eigenvalue weighted by atomic mass is 32.2. The van der Waals surface area contributed by atoms with Gasteiger partial charge in [-0.1, -0.05) is 32.0 Å². The largest absolute Gasteiger partial charge is 0.480 e. The lowest BCUT2D eigenvalue weighted by atomic mass is 10.1. The Bertz CT molecular complexity index is 1430. The van der Waals surface area contributed by atoms with Gasteiger partial charge >= 0.3 is 5.97 Å². The summed E-state index contributed by atoms with van der Waals surface area (Å²) in [4.78, 5) is 20.2. The molecule has 0 bridgehead atoms. The molecule has 0 saturated carbocycles. The lowest BCUT2D eigenvalue weighted by molar-refractivity contribution is -0.138. The fourth-order valence-electron chi connectivity index (χ4n) is 3.76. The van der Waals surface area contributed by atoms with E-state index in [2.05, 4.69) is 20.4 Å². The number of pyridine rings is 2. The molecule has 0 spiro atoms. The second-order valence-corrected chi connectivity index (χ2v) is 10.7. The van der Waals surface area contributed by atoms with Crippen LogP contribution in [-0.4, -0.2) is 49.6 Å². The van der Waals surface area contributed by atoms with Gasteiger partial charge in [0, 0.05) is 31.3 Å². The summed E-state index contributed by atoms with van der Waals surface area (Å²) in [6, 6.07) is 16.6. The summed E-state index contributed by atoms with van der Waals surface area (Å²) in [6.07, 6.45) is 6.34. The minimum atomic E-state index is -3.91. The second-order valence-electron chi connectivity index (χ2n) is 8.80. The number of rotatable bonds is 11. The van der Waals surface area contributed by atoms with E-state index in [4.69, 9.17) is 0 Å². The minimum Gasteiger partial charge on any atom is -0.480 e. The lowest BCUT2D eigenvalue weighted by Gasteiger charge is -2.23. The molecule has 0 aliphatic rings. The van der Waals surface area contributed by atoms with Gasteiger partial charge in [0.15, 0.2) is 0 Å². The summed E-state index contributed by atoms with van der Waals surface area (Å²) in [5, 5.41) is 16.7. The quantitative estimate of drug-likeness (QED) is 0.307. The number of benzene rings is 1. The molecule has 3 heterocycles. The first-order valence-corrected chi connectivity index (χ1v) is 13.1. The third kappa shape index (κ3) is 6.38. The molecule has 10 nitrogen and oxygen atoms in total. The van der Waals surface area contributed by atoms with Gasteiger partial charge in [-0.25, -0.2) is 22.9 Å². The molecule has 0 aliphatic heterocycles. The number of aliphatic carboxylic acids is 1. The van der Waals surface area contributed by atoms with E-state index < -0.39 is 22.0 Å². The van der Waals surface area contributed by atoms with Crippen molar-refractivity contribution in [3.63, 3.8) is 0 Å². The number of carboxylic acid groups (broad SMARTS) is 1. The smallest absolute Gasteiger partial charge is 0.326 e. The molecular weight excluding hydrogens is 492 g/mol. The molecule has 1 aromatic carbocycles. The van der Waals surface area contributed by atoms with Crippen molar-refractivity contribution in [2.24, 2.45) is 5.92 Å². The van der Waals surface area contributed by atoms with Gasteiger partial charge in [0.2, 0.25) is 10.0 Å². The number of carboxylic acids is 1. The average molecular weight is 521 g/mol. The van der Waals surface area contributed by atoms with Crippen molar-refractivity contribution in [1.29, 1.82) is 0 Å². The maximum Gasteiger partial charge on any atom is 0.326 e. The highest BCUT2D eigenvalue weighted by Gasteiger charge is 2.26. The molecule has 1 unspecified atom stereocenters.